The van der Waals surface area contributed by atoms with E-state index in [-0.39, 0.29) is 0 Å². The molecule has 24 heavy (non-hydrogen) atoms. The Morgan fingerprint density at radius 3 is 2.62 bits per heavy atom. The van der Waals surface area contributed by atoms with Crippen molar-refractivity contribution in [2.45, 2.75) is 6.54 Å². The van der Waals surface area contributed by atoms with E-state index >= 15 is 0 Å². The van der Waals surface area contributed by atoms with E-state index in [2.05, 4.69) is 25.5 Å². The molecule has 3 heterocycles. The molecule has 4 rings (SSSR count). The molecule has 0 fully saturated rings. The van der Waals surface area contributed by atoms with E-state index in [4.69, 9.17) is 34.8 Å². The van der Waals surface area contributed by atoms with Gasteiger partial charge in [-0.1, -0.05) is 40.9 Å². The van der Waals surface area contributed by atoms with Crippen LogP contribution in [0.4, 0.5) is 0 Å². The molecule has 0 bridgehead atoms. The van der Waals surface area contributed by atoms with Crippen molar-refractivity contribution < 1.29 is 0 Å². The number of aromatic nitrogens is 3. The number of fused-ring (bicyclic) bond motifs is 1. The Balaban J connectivity index is 1.81. The highest BCUT2D eigenvalue weighted by atomic mass is 35.5. The molecule has 0 unspecified atom stereocenters. The monoisotopic (exact) mass is 378 g/mol. The predicted octanol–water partition coefficient (Wildman–Crippen LogP) is 4.61. The van der Waals surface area contributed by atoms with E-state index in [9.17, 15) is 0 Å². The van der Waals surface area contributed by atoms with Crippen molar-refractivity contribution in [3.63, 3.8) is 0 Å². The van der Waals surface area contributed by atoms with Crippen molar-refractivity contribution in [1.29, 1.82) is 0 Å². The van der Waals surface area contributed by atoms with E-state index in [0.29, 0.717) is 33.8 Å². The average Bonchev–Trinajstić information content (AvgIpc) is 3.20. The molecule has 2 aromatic heterocycles. The summed E-state index contributed by atoms with van der Waals surface area (Å²) in [6.45, 7) is 0.819. The smallest absolute Gasteiger partial charge is 0.177 e. The molecule has 1 aliphatic rings. The fraction of sp³-hybridized carbons (Fsp3) is 0.133. The standard InChI is InChI=1S/C15H9Cl3N6/c16-10-2-1-3-11(17)9(10)7-24-13-4-8(12-6-20-23-21-12)5-19-14(13)15(18)22-24/h1-5H,6-7H2. The third kappa shape index (κ3) is 2.66. The van der Waals surface area contributed by atoms with Crippen LogP contribution in [0, 0.1) is 0 Å². The molecule has 1 aromatic carbocycles. The fourth-order valence-electron chi connectivity index (χ4n) is 2.49. The lowest BCUT2D eigenvalue weighted by molar-refractivity contribution is 0.712. The molecule has 0 N–H and O–H groups in total. The summed E-state index contributed by atoms with van der Waals surface area (Å²) in [5.41, 5.74) is 3.73. The zero-order chi connectivity index (χ0) is 16.7. The van der Waals surface area contributed by atoms with E-state index in [1.165, 1.54) is 0 Å². The molecular formula is C15H9Cl3N6. The highest BCUT2D eigenvalue weighted by molar-refractivity contribution is 6.36. The summed E-state index contributed by atoms with van der Waals surface area (Å²) >= 11 is 18.7. The van der Waals surface area contributed by atoms with E-state index in [1.54, 1.807) is 29.1 Å². The van der Waals surface area contributed by atoms with Crippen LogP contribution in [-0.4, -0.2) is 27.0 Å². The van der Waals surface area contributed by atoms with Gasteiger partial charge in [0.1, 0.15) is 12.1 Å². The van der Waals surface area contributed by atoms with Crippen molar-refractivity contribution in [3.8, 4) is 0 Å². The van der Waals surface area contributed by atoms with Gasteiger partial charge in [0, 0.05) is 27.4 Å². The zero-order valence-corrected chi connectivity index (χ0v) is 14.4. The van der Waals surface area contributed by atoms with Crippen LogP contribution in [0.1, 0.15) is 11.1 Å². The van der Waals surface area contributed by atoms with Crippen LogP contribution < -0.4 is 0 Å². The third-order valence-corrected chi connectivity index (χ3v) is 4.66. The Kier molecular flexibility index (Phi) is 3.96. The molecule has 1 aliphatic heterocycles. The number of nitrogens with zero attached hydrogens (tertiary/aromatic N) is 6. The molecular weight excluding hydrogens is 371 g/mol. The highest BCUT2D eigenvalue weighted by Crippen LogP contribution is 2.28. The first kappa shape index (κ1) is 15.5. The molecule has 6 nitrogen and oxygen atoms in total. The first-order valence-corrected chi connectivity index (χ1v) is 8.15. The first-order chi connectivity index (χ1) is 11.6. The molecule has 120 valence electrons. The van der Waals surface area contributed by atoms with Crippen molar-refractivity contribution in [2.24, 2.45) is 15.4 Å². The summed E-state index contributed by atoms with van der Waals surface area (Å²) in [5.74, 6) is 0. The van der Waals surface area contributed by atoms with E-state index in [0.717, 1.165) is 22.4 Å². The van der Waals surface area contributed by atoms with E-state index < -0.39 is 0 Å². The quantitative estimate of drug-likeness (QED) is 0.667. The first-order valence-electron chi connectivity index (χ1n) is 7.02. The summed E-state index contributed by atoms with van der Waals surface area (Å²) < 4.78 is 1.73. The number of pyridine rings is 1. The van der Waals surface area contributed by atoms with Gasteiger partial charge in [0.05, 0.1) is 17.8 Å². The summed E-state index contributed by atoms with van der Waals surface area (Å²) in [4.78, 5) is 4.39. The maximum absolute atomic E-state index is 6.25. The van der Waals surface area contributed by atoms with Gasteiger partial charge in [0.25, 0.3) is 0 Å². The van der Waals surface area contributed by atoms with Crippen molar-refractivity contribution >= 4 is 51.5 Å². The number of benzene rings is 1. The number of hydrogen-bond acceptors (Lipinski definition) is 5. The van der Waals surface area contributed by atoms with Gasteiger partial charge in [-0.15, -0.1) is 5.10 Å². The summed E-state index contributed by atoms with van der Waals surface area (Å²) in [6.07, 6.45) is 1.69. The Labute approximate surface area is 151 Å². The molecule has 0 amide bonds. The molecule has 0 atom stereocenters. The maximum Gasteiger partial charge on any atom is 0.177 e. The van der Waals surface area contributed by atoms with E-state index in [1.807, 2.05) is 6.07 Å². The van der Waals surface area contributed by atoms with Crippen LogP contribution in [0.25, 0.3) is 11.0 Å². The second-order valence-electron chi connectivity index (χ2n) is 5.18. The molecule has 9 heteroatoms. The second-order valence-corrected chi connectivity index (χ2v) is 6.35. The largest absolute Gasteiger partial charge is 0.257 e. The number of rotatable bonds is 3. The van der Waals surface area contributed by atoms with Gasteiger partial charge >= 0.3 is 0 Å². The lowest BCUT2D eigenvalue weighted by Crippen LogP contribution is -2.05. The van der Waals surface area contributed by atoms with Gasteiger partial charge in [0.15, 0.2) is 5.15 Å². The normalized spacial score (nSPS) is 13.7. The predicted molar refractivity (Wildman–Crippen MR) is 94.4 cm³/mol. The molecule has 0 spiro atoms. The Morgan fingerprint density at radius 2 is 1.92 bits per heavy atom. The Hall–Kier alpha value is -2.02. The van der Waals surface area contributed by atoms with Crippen LogP contribution in [0.15, 0.2) is 45.9 Å². The minimum atomic E-state index is 0.322. The molecule has 0 aliphatic carbocycles. The molecule has 0 saturated carbocycles. The van der Waals surface area contributed by atoms with Gasteiger partial charge in [-0.2, -0.15) is 10.2 Å². The molecule has 3 aromatic rings. The van der Waals surface area contributed by atoms with Crippen molar-refractivity contribution in [1.82, 2.24) is 14.8 Å². The highest BCUT2D eigenvalue weighted by Gasteiger charge is 2.16. The number of halogens is 3. The lowest BCUT2D eigenvalue weighted by Gasteiger charge is -2.08. The van der Waals surface area contributed by atoms with Gasteiger partial charge in [-0.05, 0) is 23.4 Å². The summed E-state index contributed by atoms with van der Waals surface area (Å²) in [6, 6.07) is 7.29. The number of hydrogen-bond donors (Lipinski definition) is 0. The topological polar surface area (TPSA) is 67.8 Å². The van der Waals surface area contributed by atoms with Crippen molar-refractivity contribution in [2.75, 3.05) is 6.54 Å². The summed E-state index contributed by atoms with van der Waals surface area (Å²) in [5, 5.41) is 17.3. The minimum Gasteiger partial charge on any atom is -0.257 e. The zero-order valence-electron chi connectivity index (χ0n) is 12.1. The maximum atomic E-state index is 6.25. The van der Waals surface area contributed by atoms with Gasteiger partial charge in [0.2, 0.25) is 0 Å². The van der Waals surface area contributed by atoms with Crippen LogP contribution >= 0.6 is 34.8 Å². The SMILES string of the molecule is Clc1cccc(Cl)c1Cn1nc(Cl)c2ncc(C3=NN=NC3)cc21. The van der Waals surface area contributed by atoms with Crippen molar-refractivity contribution in [3.05, 3.63) is 56.8 Å². The van der Waals surface area contributed by atoms with Crippen LogP contribution in [0.3, 0.4) is 0 Å². The van der Waals surface area contributed by atoms with Gasteiger partial charge < -0.3 is 0 Å². The Bertz CT molecular complexity index is 988. The second kappa shape index (κ2) is 6.12. The van der Waals surface area contributed by atoms with Gasteiger partial charge in [-0.25, -0.2) is 0 Å². The fourth-order valence-corrected chi connectivity index (χ4v) is 3.25. The summed E-state index contributed by atoms with van der Waals surface area (Å²) in [7, 11) is 0. The van der Waals surface area contributed by atoms with Crippen LogP contribution in [0.5, 0.6) is 0 Å². The molecule has 0 radical (unpaired) electrons. The Morgan fingerprint density at radius 1 is 1.12 bits per heavy atom. The van der Waals surface area contributed by atoms with Gasteiger partial charge in [-0.3, -0.25) is 9.67 Å². The third-order valence-electron chi connectivity index (χ3n) is 3.70. The lowest BCUT2D eigenvalue weighted by atomic mass is 10.1. The molecule has 0 saturated heterocycles. The minimum absolute atomic E-state index is 0.322. The van der Waals surface area contributed by atoms with Crippen LogP contribution in [0.2, 0.25) is 15.2 Å². The average molecular weight is 380 g/mol. The van der Waals surface area contributed by atoms with Crippen LogP contribution in [-0.2, 0) is 6.54 Å².